The zero-order valence-corrected chi connectivity index (χ0v) is 12.2. The Labute approximate surface area is 119 Å². The number of benzene rings is 1. The van der Waals surface area contributed by atoms with Gasteiger partial charge in [0.25, 0.3) is 5.91 Å². The Hall–Kier alpha value is -1.86. The van der Waals surface area contributed by atoms with Gasteiger partial charge in [-0.05, 0) is 38.5 Å². The van der Waals surface area contributed by atoms with Crippen LogP contribution in [0.15, 0.2) is 18.2 Å². The van der Waals surface area contributed by atoms with Crippen molar-refractivity contribution < 1.29 is 9.18 Å². The summed E-state index contributed by atoms with van der Waals surface area (Å²) in [6, 6.07) is 3.97. The smallest absolute Gasteiger partial charge is 0.252 e. The van der Waals surface area contributed by atoms with Crippen molar-refractivity contribution in [3.8, 4) is 11.8 Å². The highest BCUT2D eigenvalue weighted by molar-refractivity contribution is 5.97. The Morgan fingerprint density at radius 1 is 1.45 bits per heavy atom. The lowest BCUT2D eigenvalue weighted by Gasteiger charge is -2.26. The molecule has 3 nitrogen and oxygen atoms in total. The monoisotopic (exact) mass is 276 g/mol. The minimum absolute atomic E-state index is 0.166. The van der Waals surface area contributed by atoms with Crippen LogP contribution in [0.1, 0.15) is 49.5 Å². The zero-order chi connectivity index (χ0) is 15.2. The lowest BCUT2D eigenvalue weighted by Crippen LogP contribution is -2.43. The lowest BCUT2D eigenvalue weighted by atomic mass is 9.97. The van der Waals surface area contributed by atoms with Crippen LogP contribution in [0.5, 0.6) is 0 Å². The van der Waals surface area contributed by atoms with Crippen LogP contribution in [0.3, 0.4) is 0 Å². The first kappa shape index (κ1) is 16.2. The lowest BCUT2D eigenvalue weighted by molar-refractivity contribution is 0.0908. The third-order valence-electron chi connectivity index (χ3n) is 2.88. The van der Waals surface area contributed by atoms with E-state index in [2.05, 4.69) is 24.1 Å². The molecule has 1 rings (SSSR count). The van der Waals surface area contributed by atoms with Crippen molar-refractivity contribution >= 4 is 5.91 Å². The number of carbonyl (C=O) groups excluding carboxylic acids is 1. The van der Waals surface area contributed by atoms with Gasteiger partial charge in [-0.3, -0.25) is 4.79 Å². The first-order valence-electron chi connectivity index (χ1n) is 6.70. The average molecular weight is 276 g/mol. The van der Waals surface area contributed by atoms with E-state index in [4.69, 9.17) is 5.73 Å². The second-order valence-corrected chi connectivity index (χ2v) is 5.28. The summed E-state index contributed by atoms with van der Waals surface area (Å²) in [6.45, 7) is 6.15. The summed E-state index contributed by atoms with van der Waals surface area (Å²) < 4.78 is 13.3. The zero-order valence-electron chi connectivity index (χ0n) is 12.2. The topological polar surface area (TPSA) is 55.1 Å². The van der Waals surface area contributed by atoms with Gasteiger partial charge in [0.2, 0.25) is 0 Å². The van der Waals surface area contributed by atoms with Gasteiger partial charge < -0.3 is 11.1 Å². The quantitative estimate of drug-likeness (QED) is 0.830. The fraction of sp³-hybridized carbons (Fsp3) is 0.438. The van der Waals surface area contributed by atoms with E-state index in [0.717, 1.165) is 12.8 Å². The van der Waals surface area contributed by atoms with E-state index in [1.54, 1.807) is 0 Å². The maximum Gasteiger partial charge on any atom is 0.252 e. The van der Waals surface area contributed by atoms with Gasteiger partial charge in [0, 0.05) is 11.1 Å². The number of hydrogen-bond donors (Lipinski definition) is 2. The minimum Gasteiger partial charge on any atom is -0.347 e. The van der Waals surface area contributed by atoms with Gasteiger partial charge in [-0.1, -0.05) is 25.2 Å². The van der Waals surface area contributed by atoms with E-state index in [1.807, 2.05) is 13.8 Å². The van der Waals surface area contributed by atoms with Gasteiger partial charge in [0.15, 0.2) is 0 Å². The van der Waals surface area contributed by atoms with Crippen LogP contribution in [0.4, 0.5) is 4.39 Å². The van der Waals surface area contributed by atoms with Crippen molar-refractivity contribution in [1.29, 1.82) is 0 Å². The van der Waals surface area contributed by atoms with E-state index in [-0.39, 0.29) is 18.0 Å². The summed E-state index contributed by atoms with van der Waals surface area (Å²) in [5, 5.41) is 2.95. The molecule has 0 saturated heterocycles. The van der Waals surface area contributed by atoms with Gasteiger partial charge in [-0.2, -0.15) is 0 Å². The molecule has 1 amide bonds. The van der Waals surface area contributed by atoms with E-state index < -0.39 is 5.82 Å². The molecule has 0 saturated carbocycles. The molecular weight excluding hydrogens is 255 g/mol. The Kier molecular flexibility index (Phi) is 5.72. The van der Waals surface area contributed by atoms with Crippen molar-refractivity contribution in [3.63, 3.8) is 0 Å². The summed E-state index contributed by atoms with van der Waals surface area (Å²) in [7, 11) is 0. The number of halogens is 1. The summed E-state index contributed by atoms with van der Waals surface area (Å²) in [5.74, 6) is 4.72. The fourth-order valence-corrected chi connectivity index (χ4v) is 2.03. The predicted octanol–water partition coefficient (Wildman–Crippen LogP) is 2.44. The van der Waals surface area contributed by atoms with Crippen LogP contribution in [0.25, 0.3) is 0 Å². The number of amides is 1. The van der Waals surface area contributed by atoms with Gasteiger partial charge in [-0.15, -0.1) is 0 Å². The normalized spacial score (nSPS) is 10.7. The molecule has 0 aromatic heterocycles. The van der Waals surface area contributed by atoms with E-state index in [9.17, 15) is 9.18 Å². The highest BCUT2D eigenvalue weighted by Crippen LogP contribution is 2.15. The molecular formula is C16H21FN2O. The Morgan fingerprint density at radius 3 is 2.75 bits per heavy atom. The summed E-state index contributed by atoms with van der Waals surface area (Å²) in [4.78, 5) is 12.3. The van der Waals surface area contributed by atoms with E-state index >= 15 is 0 Å². The molecule has 1 aromatic rings. The molecule has 0 aliphatic heterocycles. The first-order valence-corrected chi connectivity index (χ1v) is 6.70. The second-order valence-electron chi connectivity index (χ2n) is 5.28. The van der Waals surface area contributed by atoms with Gasteiger partial charge in [-0.25, -0.2) is 4.39 Å². The third-order valence-corrected chi connectivity index (χ3v) is 2.88. The largest absolute Gasteiger partial charge is 0.347 e. The van der Waals surface area contributed by atoms with Gasteiger partial charge >= 0.3 is 0 Å². The number of nitrogens with two attached hydrogens (primary N) is 1. The molecule has 4 heteroatoms. The van der Waals surface area contributed by atoms with Crippen LogP contribution in [0.2, 0.25) is 0 Å². The van der Waals surface area contributed by atoms with Crippen molar-refractivity contribution in [2.24, 2.45) is 5.73 Å². The molecule has 0 atom stereocenters. The predicted molar refractivity (Wildman–Crippen MR) is 78.8 cm³/mol. The van der Waals surface area contributed by atoms with Crippen LogP contribution < -0.4 is 11.1 Å². The number of nitrogens with one attached hydrogen (secondary N) is 1. The molecule has 0 radical (unpaired) electrons. The van der Waals surface area contributed by atoms with Crippen LogP contribution in [-0.2, 0) is 0 Å². The number of hydrogen-bond acceptors (Lipinski definition) is 2. The van der Waals surface area contributed by atoms with Crippen LogP contribution in [0, 0.1) is 17.7 Å². The summed E-state index contributed by atoms with van der Waals surface area (Å²) in [6.07, 6.45) is 1.83. The molecule has 0 unspecified atom stereocenters. The molecule has 0 spiro atoms. The highest BCUT2D eigenvalue weighted by Gasteiger charge is 2.21. The number of carbonyl (C=O) groups is 1. The molecule has 108 valence electrons. The maximum absolute atomic E-state index is 13.3. The van der Waals surface area contributed by atoms with E-state index in [1.165, 1.54) is 18.2 Å². The second kappa shape index (κ2) is 7.06. The SMILES string of the molecule is CCCC(C)(C)NC(=O)c1ccc(F)cc1C#CCN. The van der Waals surface area contributed by atoms with Gasteiger partial charge in [0.05, 0.1) is 12.1 Å². The van der Waals surface area contributed by atoms with Crippen molar-refractivity contribution in [1.82, 2.24) is 5.32 Å². The Morgan fingerprint density at radius 2 is 2.15 bits per heavy atom. The van der Waals surface area contributed by atoms with Crippen molar-refractivity contribution in [2.45, 2.75) is 39.2 Å². The Bertz CT molecular complexity index is 541. The first-order chi connectivity index (χ1) is 9.39. The fourth-order valence-electron chi connectivity index (χ4n) is 2.03. The molecule has 1 aromatic carbocycles. The average Bonchev–Trinajstić information content (AvgIpc) is 2.35. The molecule has 0 bridgehead atoms. The van der Waals surface area contributed by atoms with Crippen molar-refractivity contribution in [3.05, 3.63) is 35.1 Å². The van der Waals surface area contributed by atoms with Crippen LogP contribution in [-0.4, -0.2) is 18.0 Å². The van der Waals surface area contributed by atoms with E-state index in [0.29, 0.717) is 11.1 Å². The molecule has 3 N–H and O–H groups in total. The molecule has 0 aliphatic rings. The molecule has 20 heavy (non-hydrogen) atoms. The Balaban J connectivity index is 3.03. The van der Waals surface area contributed by atoms with Crippen molar-refractivity contribution in [2.75, 3.05) is 6.54 Å². The molecule has 0 aliphatic carbocycles. The summed E-state index contributed by atoms with van der Waals surface area (Å²) >= 11 is 0. The van der Waals surface area contributed by atoms with Gasteiger partial charge in [0.1, 0.15) is 5.82 Å². The standard InChI is InChI=1S/C16H21FN2O/c1-4-9-16(2,3)19-15(20)14-8-7-13(17)11-12(14)6-5-10-18/h7-8,11H,4,9-10,18H2,1-3H3,(H,19,20). The molecule has 0 fully saturated rings. The molecule has 0 heterocycles. The van der Waals surface area contributed by atoms with Crippen LogP contribution >= 0.6 is 0 Å². The summed E-state index contributed by atoms with van der Waals surface area (Å²) in [5.41, 5.74) is 5.74. The third kappa shape index (κ3) is 4.67. The minimum atomic E-state index is -0.421. The highest BCUT2D eigenvalue weighted by atomic mass is 19.1. The number of rotatable bonds is 4. The maximum atomic E-state index is 13.3.